The molecule has 0 saturated heterocycles. The van der Waals surface area contributed by atoms with E-state index in [-0.39, 0.29) is 11.8 Å². The van der Waals surface area contributed by atoms with Crippen molar-refractivity contribution in [2.45, 2.75) is 26.3 Å². The Morgan fingerprint density at radius 1 is 1.50 bits per heavy atom. The number of fused-ring (bicyclic) bond motifs is 1. The summed E-state index contributed by atoms with van der Waals surface area (Å²) in [5, 5.41) is 0.966. The number of furan rings is 1. The van der Waals surface area contributed by atoms with Crippen molar-refractivity contribution >= 4 is 16.8 Å². The Morgan fingerprint density at radius 2 is 2.25 bits per heavy atom. The molecular weight excluding hydrogens is 202 g/mol. The summed E-state index contributed by atoms with van der Waals surface area (Å²) in [4.78, 5) is 11.8. The third kappa shape index (κ3) is 1.99. The fourth-order valence-corrected chi connectivity index (χ4v) is 1.74. The highest BCUT2D eigenvalue weighted by Crippen LogP contribution is 2.23. The SMILES string of the molecule is Cc1cccc2cc(C(=O)CC(C)N)oc12. The standard InChI is InChI=1S/C13H15NO2/c1-8-4-3-5-10-7-12(16-13(8)10)11(15)6-9(2)14/h3-5,7,9H,6,14H2,1-2H3. The van der Waals surface area contributed by atoms with Crippen molar-refractivity contribution in [3.05, 3.63) is 35.6 Å². The van der Waals surface area contributed by atoms with E-state index in [1.165, 1.54) is 0 Å². The van der Waals surface area contributed by atoms with Gasteiger partial charge in [0.25, 0.3) is 0 Å². The zero-order valence-electron chi connectivity index (χ0n) is 9.49. The van der Waals surface area contributed by atoms with Crippen LogP contribution in [0.25, 0.3) is 11.0 Å². The maximum absolute atomic E-state index is 11.8. The van der Waals surface area contributed by atoms with Crippen LogP contribution in [-0.2, 0) is 0 Å². The van der Waals surface area contributed by atoms with E-state index in [1.54, 1.807) is 6.07 Å². The molecule has 2 N–H and O–H groups in total. The van der Waals surface area contributed by atoms with E-state index in [1.807, 2.05) is 32.0 Å². The van der Waals surface area contributed by atoms with Crippen molar-refractivity contribution in [2.24, 2.45) is 5.73 Å². The summed E-state index contributed by atoms with van der Waals surface area (Å²) in [7, 11) is 0. The molecule has 2 rings (SSSR count). The second kappa shape index (κ2) is 4.10. The molecule has 1 heterocycles. The third-order valence-corrected chi connectivity index (χ3v) is 2.52. The molecule has 0 bridgehead atoms. The Kier molecular flexibility index (Phi) is 2.79. The molecule has 1 aromatic carbocycles. The van der Waals surface area contributed by atoms with Crippen molar-refractivity contribution in [1.82, 2.24) is 0 Å². The van der Waals surface area contributed by atoms with Crippen LogP contribution in [0, 0.1) is 6.92 Å². The zero-order chi connectivity index (χ0) is 11.7. The van der Waals surface area contributed by atoms with Gasteiger partial charge < -0.3 is 10.2 Å². The lowest BCUT2D eigenvalue weighted by molar-refractivity contribution is 0.0951. The Morgan fingerprint density at radius 3 is 2.88 bits per heavy atom. The van der Waals surface area contributed by atoms with Crippen molar-refractivity contribution in [3.8, 4) is 0 Å². The number of rotatable bonds is 3. The van der Waals surface area contributed by atoms with Gasteiger partial charge in [0.1, 0.15) is 5.58 Å². The summed E-state index contributed by atoms with van der Waals surface area (Å²) in [5.41, 5.74) is 7.42. The summed E-state index contributed by atoms with van der Waals surface area (Å²) >= 11 is 0. The molecule has 1 unspecified atom stereocenters. The first-order valence-electron chi connectivity index (χ1n) is 5.36. The van der Waals surface area contributed by atoms with Crippen LogP contribution in [-0.4, -0.2) is 11.8 Å². The third-order valence-electron chi connectivity index (χ3n) is 2.52. The maximum atomic E-state index is 11.8. The van der Waals surface area contributed by atoms with Crippen LogP contribution in [0.1, 0.15) is 29.5 Å². The first-order chi connectivity index (χ1) is 7.58. The largest absolute Gasteiger partial charge is 0.453 e. The molecule has 0 fully saturated rings. The Labute approximate surface area is 94.2 Å². The molecule has 0 aliphatic carbocycles. The van der Waals surface area contributed by atoms with Gasteiger partial charge in [-0.3, -0.25) is 4.79 Å². The van der Waals surface area contributed by atoms with E-state index < -0.39 is 0 Å². The highest BCUT2D eigenvalue weighted by atomic mass is 16.3. The van der Waals surface area contributed by atoms with E-state index in [2.05, 4.69) is 0 Å². The maximum Gasteiger partial charge on any atom is 0.199 e. The number of para-hydroxylation sites is 1. The minimum Gasteiger partial charge on any atom is -0.453 e. The summed E-state index contributed by atoms with van der Waals surface area (Å²) in [6, 6.07) is 7.50. The Balaban J connectivity index is 2.40. The van der Waals surface area contributed by atoms with Gasteiger partial charge in [-0.1, -0.05) is 18.2 Å². The van der Waals surface area contributed by atoms with Crippen LogP contribution in [0.15, 0.2) is 28.7 Å². The molecule has 1 aromatic heterocycles. The highest BCUT2D eigenvalue weighted by Gasteiger charge is 2.14. The minimum absolute atomic E-state index is 0.0365. The van der Waals surface area contributed by atoms with E-state index in [9.17, 15) is 4.79 Å². The van der Waals surface area contributed by atoms with Crippen LogP contribution < -0.4 is 5.73 Å². The van der Waals surface area contributed by atoms with Gasteiger partial charge in [-0.2, -0.15) is 0 Å². The summed E-state index contributed by atoms with van der Waals surface area (Å²) in [6.07, 6.45) is 0.318. The predicted octanol–water partition coefficient (Wildman–Crippen LogP) is 2.66. The second-order valence-corrected chi connectivity index (χ2v) is 4.21. The van der Waals surface area contributed by atoms with Gasteiger partial charge in [0.05, 0.1) is 0 Å². The van der Waals surface area contributed by atoms with Crippen LogP contribution >= 0.6 is 0 Å². The smallest absolute Gasteiger partial charge is 0.199 e. The molecule has 0 saturated carbocycles. The normalized spacial score (nSPS) is 12.9. The number of benzene rings is 1. The van der Waals surface area contributed by atoms with Crippen LogP contribution in [0.5, 0.6) is 0 Å². The van der Waals surface area contributed by atoms with E-state index in [0.717, 1.165) is 16.5 Å². The number of nitrogens with two attached hydrogens (primary N) is 1. The van der Waals surface area contributed by atoms with Crippen molar-refractivity contribution in [3.63, 3.8) is 0 Å². The van der Waals surface area contributed by atoms with Gasteiger partial charge in [0.2, 0.25) is 0 Å². The second-order valence-electron chi connectivity index (χ2n) is 4.21. The molecule has 0 spiro atoms. The first-order valence-corrected chi connectivity index (χ1v) is 5.36. The molecule has 1 atom stereocenters. The molecule has 0 aliphatic rings. The molecule has 84 valence electrons. The Bertz CT molecular complexity index is 526. The van der Waals surface area contributed by atoms with Crippen LogP contribution in [0.3, 0.4) is 0 Å². The number of hydrogen-bond donors (Lipinski definition) is 1. The average Bonchev–Trinajstić information content (AvgIpc) is 2.61. The number of carbonyl (C=O) groups is 1. The van der Waals surface area contributed by atoms with Gasteiger partial charge in [-0.25, -0.2) is 0 Å². The topological polar surface area (TPSA) is 56.2 Å². The quantitative estimate of drug-likeness (QED) is 0.804. The lowest BCUT2D eigenvalue weighted by atomic mass is 10.1. The Hall–Kier alpha value is -1.61. The first kappa shape index (κ1) is 10.9. The van der Waals surface area contributed by atoms with Crippen molar-refractivity contribution in [2.75, 3.05) is 0 Å². The van der Waals surface area contributed by atoms with Crippen LogP contribution in [0.4, 0.5) is 0 Å². The molecule has 0 aliphatic heterocycles. The van der Waals surface area contributed by atoms with Gasteiger partial charge in [0.15, 0.2) is 11.5 Å². The molecule has 3 heteroatoms. The average molecular weight is 217 g/mol. The number of Topliss-reactive ketones (excluding diaryl/α,β-unsaturated/α-hetero) is 1. The molecule has 3 nitrogen and oxygen atoms in total. The van der Waals surface area contributed by atoms with Gasteiger partial charge in [-0.05, 0) is 25.5 Å². The van der Waals surface area contributed by atoms with Gasteiger partial charge in [0, 0.05) is 17.8 Å². The molecule has 0 radical (unpaired) electrons. The fourth-order valence-electron chi connectivity index (χ4n) is 1.74. The zero-order valence-corrected chi connectivity index (χ0v) is 9.49. The molecular formula is C13H15NO2. The summed E-state index contributed by atoms with van der Waals surface area (Å²) in [6.45, 7) is 3.78. The van der Waals surface area contributed by atoms with Gasteiger partial charge >= 0.3 is 0 Å². The van der Waals surface area contributed by atoms with E-state index in [0.29, 0.717) is 12.2 Å². The number of carbonyl (C=O) groups excluding carboxylic acids is 1. The monoisotopic (exact) mass is 217 g/mol. The van der Waals surface area contributed by atoms with Gasteiger partial charge in [-0.15, -0.1) is 0 Å². The lowest BCUT2D eigenvalue weighted by Crippen LogP contribution is -2.19. The van der Waals surface area contributed by atoms with E-state index in [4.69, 9.17) is 10.2 Å². The minimum atomic E-state index is -0.137. The summed E-state index contributed by atoms with van der Waals surface area (Å²) in [5.74, 6) is 0.368. The number of ketones is 1. The predicted molar refractivity (Wildman–Crippen MR) is 63.5 cm³/mol. The lowest BCUT2D eigenvalue weighted by Gasteiger charge is -2.00. The van der Waals surface area contributed by atoms with E-state index >= 15 is 0 Å². The number of aryl methyl sites for hydroxylation is 1. The molecule has 0 amide bonds. The number of hydrogen-bond acceptors (Lipinski definition) is 3. The fraction of sp³-hybridized carbons (Fsp3) is 0.308. The van der Waals surface area contributed by atoms with Crippen LogP contribution in [0.2, 0.25) is 0 Å². The highest BCUT2D eigenvalue weighted by molar-refractivity contribution is 5.98. The molecule has 16 heavy (non-hydrogen) atoms. The van der Waals surface area contributed by atoms with Crippen molar-refractivity contribution in [1.29, 1.82) is 0 Å². The van der Waals surface area contributed by atoms with Crippen molar-refractivity contribution < 1.29 is 9.21 Å². The summed E-state index contributed by atoms with van der Waals surface area (Å²) < 4.78 is 5.56. The molecule has 2 aromatic rings.